The summed E-state index contributed by atoms with van der Waals surface area (Å²) >= 11 is 6.20. The van der Waals surface area contributed by atoms with Crippen molar-refractivity contribution in [3.05, 3.63) is 93.8 Å². The van der Waals surface area contributed by atoms with Crippen LogP contribution in [0.3, 0.4) is 0 Å². The molecule has 1 saturated carbocycles. The van der Waals surface area contributed by atoms with Crippen LogP contribution >= 0.6 is 11.6 Å². The minimum absolute atomic E-state index is 0.201. The third-order valence-corrected chi connectivity index (χ3v) is 6.93. The zero-order chi connectivity index (χ0) is 26.2. The largest absolute Gasteiger partial charge is 0.481 e. The SMILES string of the molecule is Cc1noc(C#Cc2ccc3cc(C4(C(=O)O)CC4)ccc3c2)c1NC(=O)OC(C)c1ccccc1Cl. The predicted molar refractivity (Wildman–Crippen MR) is 140 cm³/mol. The molecular formula is C29H23ClN2O5. The minimum Gasteiger partial charge on any atom is -0.481 e. The van der Waals surface area contributed by atoms with E-state index in [1.54, 1.807) is 32.0 Å². The lowest BCUT2D eigenvalue weighted by atomic mass is 9.93. The summed E-state index contributed by atoms with van der Waals surface area (Å²) in [5, 5.41) is 18.6. The predicted octanol–water partition coefficient (Wildman–Crippen LogP) is 6.62. The van der Waals surface area contributed by atoms with Crippen LogP contribution in [0.2, 0.25) is 5.02 Å². The number of halogens is 1. The highest BCUT2D eigenvalue weighted by atomic mass is 35.5. The average Bonchev–Trinajstić information content (AvgIpc) is 3.63. The number of hydrogen-bond acceptors (Lipinski definition) is 5. The van der Waals surface area contributed by atoms with Crippen LogP contribution in [0.15, 0.2) is 65.2 Å². The smallest absolute Gasteiger partial charge is 0.412 e. The molecule has 1 heterocycles. The fourth-order valence-electron chi connectivity index (χ4n) is 4.26. The van der Waals surface area contributed by atoms with E-state index >= 15 is 0 Å². The second-order valence-corrected chi connectivity index (χ2v) is 9.49. The normalized spacial score (nSPS) is 14.4. The molecule has 0 radical (unpaired) electrons. The van der Waals surface area contributed by atoms with Crippen molar-refractivity contribution in [2.24, 2.45) is 0 Å². The fourth-order valence-corrected chi connectivity index (χ4v) is 4.55. The quantitative estimate of drug-likeness (QED) is 0.290. The molecule has 1 unspecified atom stereocenters. The van der Waals surface area contributed by atoms with E-state index in [2.05, 4.69) is 22.3 Å². The number of aliphatic carboxylic acids is 1. The average molecular weight is 515 g/mol. The van der Waals surface area contributed by atoms with Crippen molar-refractivity contribution in [2.75, 3.05) is 5.32 Å². The first-order chi connectivity index (χ1) is 17.8. The van der Waals surface area contributed by atoms with E-state index in [1.165, 1.54) is 0 Å². The summed E-state index contributed by atoms with van der Waals surface area (Å²) in [6.07, 6.45) is 0.0816. The van der Waals surface area contributed by atoms with Gasteiger partial charge in [-0.05, 0) is 67.1 Å². The van der Waals surface area contributed by atoms with Crippen molar-refractivity contribution in [3.63, 3.8) is 0 Å². The van der Waals surface area contributed by atoms with E-state index in [9.17, 15) is 14.7 Å². The maximum atomic E-state index is 12.5. The Morgan fingerprint density at radius 3 is 2.57 bits per heavy atom. The number of fused-ring (bicyclic) bond motifs is 1. The van der Waals surface area contributed by atoms with Gasteiger partial charge in [-0.2, -0.15) is 0 Å². The third-order valence-electron chi connectivity index (χ3n) is 6.59. The van der Waals surface area contributed by atoms with Gasteiger partial charge in [-0.3, -0.25) is 10.1 Å². The lowest BCUT2D eigenvalue weighted by molar-refractivity contribution is -0.140. The van der Waals surface area contributed by atoms with E-state index in [1.807, 2.05) is 42.5 Å². The van der Waals surface area contributed by atoms with Gasteiger partial charge in [-0.25, -0.2) is 4.79 Å². The highest BCUT2D eigenvalue weighted by Gasteiger charge is 2.51. The van der Waals surface area contributed by atoms with E-state index in [-0.39, 0.29) is 5.76 Å². The van der Waals surface area contributed by atoms with Crippen molar-refractivity contribution < 1.29 is 24.0 Å². The lowest BCUT2D eigenvalue weighted by Crippen LogP contribution is -2.19. The maximum absolute atomic E-state index is 12.5. The van der Waals surface area contributed by atoms with Crippen LogP contribution in [-0.2, 0) is 14.9 Å². The Hall–Kier alpha value is -4.28. The summed E-state index contributed by atoms with van der Waals surface area (Å²) in [6.45, 7) is 3.43. The highest BCUT2D eigenvalue weighted by Crippen LogP contribution is 2.49. The van der Waals surface area contributed by atoms with Crippen molar-refractivity contribution in [3.8, 4) is 11.8 Å². The molecule has 8 heteroatoms. The Balaban J connectivity index is 1.32. The molecule has 0 bridgehead atoms. The zero-order valence-corrected chi connectivity index (χ0v) is 20.9. The summed E-state index contributed by atoms with van der Waals surface area (Å²) in [6, 6.07) is 18.6. The van der Waals surface area contributed by atoms with Gasteiger partial charge in [0.2, 0.25) is 5.76 Å². The van der Waals surface area contributed by atoms with Crippen molar-refractivity contribution in [2.45, 2.75) is 38.2 Å². The molecule has 4 aromatic rings. The summed E-state index contributed by atoms with van der Waals surface area (Å²) in [5.74, 6) is 5.40. The lowest BCUT2D eigenvalue weighted by Gasteiger charge is -2.15. The van der Waals surface area contributed by atoms with Crippen molar-refractivity contribution in [1.82, 2.24) is 5.16 Å². The van der Waals surface area contributed by atoms with Crippen LogP contribution in [0.1, 0.15) is 54.0 Å². The molecule has 5 rings (SSSR count). The first kappa shape index (κ1) is 24.4. The van der Waals surface area contributed by atoms with Gasteiger partial charge in [-0.1, -0.05) is 65.1 Å². The molecule has 1 amide bonds. The number of carboxylic acid groups (broad SMARTS) is 1. The van der Waals surface area contributed by atoms with Gasteiger partial charge in [0.05, 0.1) is 5.41 Å². The van der Waals surface area contributed by atoms with E-state index in [4.69, 9.17) is 20.9 Å². The number of hydrogen-bond donors (Lipinski definition) is 2. The van der Waals surface area contributed by atoms with Crippen molar-refractivity contribution in [1.29, 1.82) is 0 Å². The number of benzene rings is 3. The van der Waals surface area contributed by atoms with E-state index in [0.29, 0.717) is 34.8 Å². The monoisotopic (exact) mass is 514 g/mol. The van der Waals surface area contributed by atoms with Gasteiger partial charge >= 0.3 is 12.1 Å². The van der Waals surface area contributed by atoms with Gasteiger partial charge in [-0.15, -0.1) is 0 Å². The van der Waals surface area contributed by atoms with E-state index < -0.39 is 23.6 Å². The standard InChI is InChI=1S/C29H23ClN2O5/c1-17-26(31-28(35)36-18(2)23-5-3-4-6-24(23)30)25(37-32-17)12-8-19-7-9-21-16-22(11-10-20(21)15-19)29(13-14-29)27(33)34/h3-7,9-11,15-16,18H,13-14H2,1-2H3,(H,31,35)(H,33,34). The molecule has 0 aliphatic heterocycles. The number of carbonyl (C=O) groups excluding carboxylic acids is 1. The van der Waals surface area contributed by atoms with Crippen LogP contribution in [0.25, 0.3) is 10.8 Å². The number of nitrogens with one attached hydrogen (secondary N) is 1. The molecule has 3 aromatic carbocycles. The molecule has 37 heavy (non-hydrogen) atoms. The fraction of sp³-hybridized carbons (Fsp3) is 0.207. The summed E-state index contributed by atoms with van der Waals surface area (Å²) in [5.41, 5.74) is 2.30. The molecule has 1 fully saturated rings. The molecule has 186 valence electrons. The second-order valence-electron chi connectivity index (χ2n) is 9.08. The molecule has 1 aliphatic rings. The first-order valence-corrected chi connectivity index (χ1v) is 12.1. The number of aromatic nitrogens is 1. The molecule has 0 saturated heterocycles. The minimum atomic E-state index is -0.775. The van der Waals surface area contributed by atoms with Gasteiger partial charge in [0, 0.05) is 16.1 Å². The molecular weight excluding hydrogens is 492 g/mol. The van der Waals surface area contributed by atoms with Gasteiger partial charge in [0.25, 0.3) is 0 Å². The number of rotatable bonds is 5. The molecule has 1 aliphatic carbocycles. The topological polar surface area (TPSA) is 102 Å². The Bertz CT molecular complexity index is 1590. The highest BCUT2D eigenvalue weighted by molar-refractivity contribution is 6.31. The van der Waals surface area contributed by atoms with Crippen molar-refractivity contribution >= 4 is 40.1 Å². The second kappa shape index (κ2) is 9.64. The Kier molecular flexibility index (Phi) is 6.36. The first-order valence-electron chi connectivity index (χ1n) is 11.7. The molecule has 2 N–H and O–H groups in total. The van der Waals surface area contributed by atoms with Crippen LogP contribution < -0.4 is 5.32 Å². The third kappa shape index (κ3) is 4.89. The summed E-state index contributed by atoms with van der Waals surface area (Å²) in [7, 11) is 0. The Labute approximate surface area is 218 Å². The number of nitrogens with zero attached hydrogens (tertiary/aromatic N) is 1. The Morgan fingerprint density at radius 2 is 1.84 bits per heavy atom. The van der Waals surface area contributed by atoms with Crippen LogP contribution in [-0.4, -0.2) is 22.3 Å². The zero-order valence-electron chi connectivity index (χ0n) is 20.2. The number of anilines is 1. The molecule has 0 spiro atoms. The van der Waals surface area contributed by atoms with Gasteiger partial charge < -0.3 is 14.4 Å². The molecule has 1 atom stereocenters. The maximum Gasteiger partial charge on any atom is 0.412 e. The number of carboxylic acids is 1. The molecule has 7 nitrogen and oxygen atoms in total. The van der Waals surface area contributed by atoms with Crippen LogP contribution in [0.4, 0.5) is 10.5 Å². The number of ether oxygens (including phenoxy) is 1. The number of carbonyl (C=O) groups is 2. The van der Waals surface area contributed by atoms with Crippen LogP contribution in [0, 0.1) is 18.8 Å². The van der Waals surface area contributed by atoms with Gasteiger partial charge in [0.1, 0.15) is 17.5 Å². The van der Waals surface area contributed by atoms with Gasteiger partial charge in [0.15, 0.2) is 0 Å². The Morgan fingerprint density at radius 1 is 1.11 bits per heavy atom. The summed E-state index contributed by atoms with van der Waals surface area (Å²) < 4.78 is 10.8. The number of aryl methyl sites for hydroxylation is 1. The van der Waals surface area contributed by atoms with Crippen LogP contribution in [0.5, 0.6) is 0 Å². The summed E-state index contributed by atoms with van der Waals surface area (Å²) in [4.78, 5) is 24.2. The number of amides is 1. The molecule has 1 aromatic heterocycles. The van der Waals surface area contributed by atoms with E-state index in [0.717, 1.165) is 21.9 Å².